The van der Waals surface area contributed by atoms with Gasteiger partial charge in [0.05, 0.1) is 22.9 Å². The minimum Gasteiger partial charge on any atom is -0.497 e. The number of halogens is 2. The quantitative estimate of drug-likeness (QED) is 0.591. The van der Waals surface area contributed by atoms with Crippen molar-refractivity contribution < 1.29 is 9.53 Å². The van der Waals surface area contributed by atoms with Crippen LogP contribution in [0.3, 0.4) is 0 Å². The van der Waals surface area contributed by atoms with Crippen molar-refractivity contribution in [1.29, 1.82) is 0 Å². The number of methoxy groups -OCH3 is 1. The van der Waals surface area contributed by atoms with Crippen LogP contribution in [0.15, 0.2) is 35.6 Å². The van der Waals surface area contributed by atoms with Gasteiger partial charge in [-0.3, -0.25) is 9.20 Å². The number of anilines is 1. The van der Waals surface area contributed by atoms with Crippen LogP contribution in [-0.4, -0.2) is 39.9 Å². The Morgan fingerprint density at radius 1 is 1.30 bits per heavy atom. The largest absolute Gasteiger partial charge is 0.497 e. The van der Waals surface area contributed by atoms with Gasteiger partial charge in [0, 0.05) is 18.4 Å². The summed E-state index contributed by atoms with van der Waals surface area (Å²) in [7, 11) is 1.64. The van der Waals surface area contributed by atoms with Gasteiger partial charge in [0.25, 0.3) is 0 Å². The monoisotopic (exact) mass is 422 g/mol. The van der Waals surface area contributed by atoms with Crippen molar-refractivity contribution in [2.45, 2.75) is 18.0 Å². The van der Waals surface area contributed by atoms with Gasteiger partial charge in [-0.25, -0.2) is 0 Å². The maximum Gasteiger partial charge on any atom is 0.237 e. The molecule has 0 unspecified atom stereocenters. The van der Waals surface area contributed by atoms with Crippen molar-refractivity contribution >= 4 is 52.2 Å². The molecule has 1 aromatic carbocycles. The fraction of sp³-hybridized carbons (Fsp3) is 0.278. The van der Waals surface area contributed by atoms with Gasteiger partial charge in [0.2, 0.25) is 5.91 Å². The average Bonchev–Trinajstić information content (AvgIpc) is 3.08. The van der Waals surface area contributed by atoms with Gasteiger partial charge in [-0.15, -0.1) is 10.2 Å². The van der Waals surface area contributed by atoms with Crippen molar-refractivity contribution in [3.63, 3.8) is 0 Å². The molecule has 0 fully saturated rings. The number of rotatable bonds is 4. The molecule has 0 aliphatic carbocycles. The maximum absolute atomic E-state index is 12.8. The Labute approximate surface area is 170 Å². The summed E-state index contributed by atoms with van der Waals surface area (Å²) in [5.74, 6) is 1.08. The van der Waals surface area contributed by atoms with Gasteiger partial charge in [-0.2, -0.15) is 0 Å². The molecule has 3 aromatic rings. The highest BCUT2D eigenvalue weighted by atomic mass is 35.5. The number of hydrogen-bond acceptors (Lipinski definition) is 5. The number of carbonyl (C=O) groups excluding carboxylic acids is 1. The second-order valence-electron chi connectivity index (χ2n) is 6.11. The van der Waals surface area contributed by atoms with Crippen molar-refractivity contribution in [1.82, 2.24) is 14.6 Å². The first kappa shape index (κ1) is 18.4. The molecule has 1 aliphatic rings. The van der Waals surface area contributed by atoms with E-state index in [4.69, 9.17) is 27.9 Å². The first-order valence-electron chi connectivity index (χ1n) is 8.36. The van der Waals surface area contributed by atoms with Crippen LogP contribution in [0.2, 0.25) is 10.0 Å². The molecule has 27 heavy (non-hydrogen) atoms. The normalized spacial score (nSPS) is 13.7. The number of benzene rings is 1. The number of aryl methyl sites for hydroxylation is 1. The lowest BCUT2D eigenvalue weighted by Crippen LogP contribution is -2.36. The van der Waals surface area contributed by atoms with Crippen LogP contribution in [0.5, 0.6) is 5.75 Å². The van der Waals surface area contributed by atoms with E-state index in [1.165, 1.54) is 11.8 Å². The fourth-order valence-corrected chi connectivity index (χ4v) is 4.46. The number of amides is 1. The number of aromatic nitrogens is 3. The van der Waals surface area contributed by atoms with Crippen LogP contribution in [0, 0.1) is 0 Å². The second kappa shape index (κ2) is 7.58. The molecule has 0 spiro atoms. The van der Waals surface area contributed by atoms with Gasteiger partial charge in [0.15, 0.2) is 10.8 Å². The predicted molar refractivity (Wildman–Crippen MR) is 107 cm³/mol. The predicted octanol–water partition coefficient (Wildman–Crippen LogP) is 4.12. The van der Waals surface area contributed by atoms with E-state index in [-0.39, 0.29) is 11.7 Å². The van der Waals surface area contributed by atoms with E-state index in [0.29, 0.717) is 27.4 Å². The van der Waals surface area contributed by atoms with E-state index in [1.54, 1.807) is 23.8 Å². The summed E-state index contributed by atoms with van der Waals surface area (Å²) in [6.07, 6.45) is 3.56. The van der Waals surface area contributed by atoms with Crippen LogP contribution < -0.4 is 9.64 Å². The minimum absolute atomic E-state index is 0.0241. The molecule has 4 rings (SSSR count). The Bertz CT molecular complexity index is 1020. The molecule has 9 heteroatoms. The van der Waals surface area contributed by atoms with Crippen LogP contribution >= 0.6 is 35.0 Å². The van der Waals surface area contributed by atoms with Crippen molar-refractivity contribution in [3.8, 4) is 5.75 Å². The summed E-state index contributed by atoms with van der Waals surface area (Å²) >= 11 is 13.5. The highest BCUT2D eigenvalue weighted by Gasteiger charge is 2.23. The zero-order valence-corrected chi connectivity index (χ0v) is 16.8. The first-order valence-corrected chi connectivity index (χ1v) is 10.1. The topological polar surface area (TPSA) is 59.7 Å². The van der Waals surface area contributed by atoms with Gasteiger partial charge in [-0.1, -0.05) is 35.0 Å². The number of fused-ring (bicyclic) bond motifs is 2. The Morgan fingerprint density at radius 3 is 2.96 bits per heavy atom. The highest BCUT2D eigenvalue weighted by Crippen LogP contribution is 2.32. The van der Waals surface area contributed by atoms with Gasteiger partial charge < -0.3 is 9.64 Å². The molecule has 6 nitrogen and oxygen atoms in total. The Morgan fingerprint density at radius 2 is 2.15 bits per heavy atom. The first-order chi connectivity index (χ1) is 13.1. The molecule has 0 bridgehead atoms. The van der Waals surface area contributed by atoms with E-state index < -0.39 is 0 Å². The number of pyridine rings is 1. The molecule has 0 N–H and O–H groups in total. The molecule has 0 radical (unpaired) electrons. The number of ether oxygens (including phenoxy) is 1. The van der Waals surface area contributed by atoms with E-state index in [2.05, 4.69) is 10.2 Å². The number of thioether (sulfide) groups is 1. The third-order valence-corrected chi connectivity index (χ3v) is 5.84. The molecule has 140 valence electrons. The lowest BCUT2D eigenvalue weighted by Gasteiger charge is -2.29. The zero-order valence-electron chi connectivity index (χ0n) is 14.5. The number of nitrogens with zero attached hydrogens (tertiary/aromatic N) is 4. The maximum atomic E-state index is 12.8. The fourth-order valence-electron chi connectivity index (χ4n) is 3.16. The summed E-state index contributed by atoms with van der Waals surface area (Å²) in [6, 6.07) is 7.44. The molecular formula is C18H16Cl2N4O2S. The third kappa shape index (κ3) is 3.59. The molecule has 1 aliphatic heterocycles. The van der Waals surface area contributed by atoms with Gasteiger partial charge in [-0.05, 0) is 42.7 Å². The van der Waals surface area contributed by atoms with Gasteiger partial charge in [0.1, 0.15) is 5.75 Å². The molecule has 0 atom stereocenters. The zero-order chi connectivity index (χ0) is 19.0. The summed E-state index contributed by atoms with van der Waals surface area (Å²) in [5.41, 5.74) is 2.60. The summed E-state index contributed by atoms with van der Waals surface area (Å²) < 4.78 is 6.99. The molecular weight excluding hydrogens is 407 g/mol. The SMILES string of the molecule is COc1ccc2c(c1)CCCN2C(=O)CSc1nnc2c(Cl)cc(Cl)cn12. The third-order valence-electron chi connectivity index (χ3n) is 4.43. The molecule has 0 saturated carbocycles. The van der Waals surface area contributed by atoms with E-state index in [1.807, 2.05) is 23.1 Å². The van der Waals surface area contributed by atoms with E-state index in [9.17, 15) is 4.79 Å². The lowest BCUT2D eigenvalue weighted by molar-refractivity contribution is -0.116. The summed E-state index contributed by atoms with van der Waals surface area (Å²) in [4.78, 5) is 14.7. The summed E-state index contributed by atoms with van der Waals surface area (Å²) in [5, 5.41) is 9.68. The molecule has 2 aromatic heterocycles. The van der Waals surface area contributed by atoms with E-state index in [0.717, 1.165) is 29.8 Å². The van der Waals surface area contributed by atoms with Crippen molar-refractivity contribution in [2.75, 3.05) is 24.3 Å². The van der Waals surface area contributed by atoms with Crippen molar-refractivity contribution in [2.24, 2.45) is 0 Å². The standard InChI is InChI=1S/C18H16Cl2N4O2S/c1-26-13-4-5-15-11(7-13)3-2-6-23(15)16(25)10-27-18-22-21-17-14(20)8-12(19)9-24(17)18/h4-5,7-9H,2-3,6,10H2,1H3. The van der Waals surface area contributed by atoms with Crippen LogP contribution in [0.4, 0.5) is 5.69 Å². The van der Waals surface area contributed by atoms with E-state index >= 15 is 0 Å². The van der Waals surface area contributed by atoms with Crippen LogP contribution in [0.1, 0.15) is 12.0 Å². The molecule has 3 heterocycles. The Kier molecular flexibility index (Phi) is 5.16. The number of hydrogen-bond donors (Lipinski definition) is 0. The van der Waals surface area contributed by atoms with Crippen LogP contribution in [0.25, 0.3) is 5.65 Å². The Balaban J connectivity index is 1.53. The Hall–Kier alpha value is -1.96. The van der Waals surface area contributed by atoms with Crippen molar-refractivity contribution in [3.05, 3.63) is 46.1 Å². The second-order valence-corrected chi connectivity index (χ2v) is 7.90. The lowest BCUT2D eigenvalue weighted by atomic mass is 10.0. The molecule has 0 saturated heterocycles. The van der Waals surface area contributed by atoms with Gasteiger partial charge >= 0.3 is 0 Å². The summed E-state index contributed by atoms with van der Waals surface area (Å²) in [6.45, 7) is 0.705. The number of carbonyl (C=O) groups is 1. The highest BCUT2D eigenvalue weighted by molar-refractivity contribution is 7.99. The average molecular weight is 423 g/mol. The molecule has 1 amide bonds. The smallest absolute Gasteiger partial charge is 0.237 e. The minimum atomic E-state index is 0.0241. The van der Waals surface area contributed by atoms with Crippen LogP contribution in [-0.2, 0) is 11.2 Å².